The first-order chi connectivity index (χ1) is 9.31. The minimum atomic E-state index is -0.378. The van der Waals surface area contributed by atoms with Crippen molar-refractivity contribution in [2.24, 2.45) is 0 Å². The van der Waals surface area contributed by atoms with Crippen molar-refractivity contribution in [1.29, 1.82) is 0 Å². The van der Waals surface area contributed by atoms with Crippen molar-refractivity contribution in [3.05, 3.63) is 35.4 Å². The van der Waals surface area contributed by atoms with Gasteiger partial charge in [0.1, 0.15) is 0 Å². The Balaban J connectivity index is 1.89. The minimum Gasteiger partial charge on any atom is -0.391 e. The van der Waals surface area contributed by atoms with Crippen LogP contribution in [0.25, 0.3) is 0 Å². The highest BCUT2D eigenvalue weighted by atomic mass is 16.5. The third-order valence-corrected chi connectivity index (χ3v) is 3.58. The van der Waals surface area contributed by atoms with E-state index in [1.807, 2.05) is 0 Å². The van der Waals surface area contributed by atoms with Gasteiger partial charge in [-0.25, -0.2) is 0 Å². The lowest BCUT2D eigenvalue weighted by molar-refractivity contribution is 0.0589. The molecule has 4 nitrogen and oxygen atoms in total. The molecular weight excluding hydrogens is 240 g/mol. The Hall–Kier alpha value is -0.940. The average Bonchev–Trinajstić information content (AvgIpc) is 2.62. The summed E-state index contributed by atoms with van der Waals surface area (Å²) < 4.78 is 4.93. The number of methoxy groups -OCH3 is 1. The second kappa shape index (κ2) is 7.60. The number of hydrogen-bond acceptors (Lipinski definition) is 4. The van der Waals surface area contributed by atoms with E-state index in [-0.39, 0.29) is 6.10 Å². The molecule has 106 valence electrons. The molecule has 2 unspecified atom stereocenters. The molecule has 0 amide bonds. The van der Waals surface area contributed by atoms with Crippen molar-refractivity contribution < 1.29 is 9.84 Å². The van der Waals surface area contributed by atoms with Crippen molar-refractivity contribution in [3.63, 3.8) is 0 Å². The zero-order valence-electron chi connectivity index (χ0n) is 11.6. The first-order valence-electron chi connectivity index (χ1n) is 7.00. The van der Waals surface area contributed by atoms with E-state index in [0.717, 1.165) is 32.5 Å². The zero-order valence-corrected chi connectivity index (χ0v) is 11.6. The fourth-order valence-corrected chi connectivity index (χ4v) is 2.57. The standard InChI is InChI=1S/C15H24N2O2/c1-19-11-13(18)6-9-17-15-7-8-16-10-12-4-2-3-5-14(12)15/h2-5,13,15-18H,6-11H2,1H3. The number of aliphatic hydroxyl groups excluding tert-OH is 1. The van der Waals surface area contributed by atoms with E-state index in [0.29, 0.717) is 12.6 Å². The number of benzene rings is 1. The maximum Gasteiger partial charge on any atom is 0.0785 e. The average molecular weight is 264 g/mol. The molecule has 0 fully saturated rings. The summed E-state index contributed by atoms with van der Waals surface area (Å²) in [6.45, 7) is 3.18. The molecule has 4 heteroatoms. The quantitative estimate of drug-likeness (QED) is 0.723. The molecule has 19 heavy (non-hydrogen) atoms. The van der Waals surface area contributed by atoms with Gasteiger partial charge in [-0.1, -0.05) is 24.3 Å². The number of ether oxygens (including phenoxy) is 1. The van der Waals surface area contributed by atoms with Gasteiger partial charge in [0.05, 0.1) is 12.7 Å². The van der Waals surface area contributed by atoms with Crippen LogP contribution in [-0.4, -0.2) is 38.0 Å². The van der Waals surface area contributed by atoms with Gasteiger partial charge in [-0.15, -0.1) is 0 Å². The van der Waals surface area contributed by atoms with Crippen LogP contribution in [0.15, 0.2) is 24.3 Å². The predicted molar refractivity (Wildman–Crippen MR) is 76.0 cm³/mol. The second-order valence-corrected chi connectivity index (χ2v) is 5.07. The Bertz CT molecular complexity index is 384. The van der Waals surface area contributed by atoms with Crippen molar-refractivity contribution in [1.82, 2.24) is 10.6 Å². The molecule has 0 radical (unpaired) electrons. The third-order valence-electron chi connectivity index (χ3n) is 3.58. The highest BCUT2D eigenvalue weighted by molar-refractivity contribution is 5.30. The van der Waals surface area contributed by atoms with E-state index in [4.69, 9.17) is 4.74 Å². The number of hydrogen-bond donors (Lipinski definition) is 3. The molecule has 0 saturated heterocycles. The number of nitrogens with one attached hydrogen (secondary N) is 2. The van der Waals surface area contributed by atoms with E-state index >= 15 is 0 Å². The van der Waals surface area contributed by atoms with Gasteiger partial charge in [-0.3, -0.25) is 0 Å². The Morgan fingerprint density at radius 3 is 3.16 bits per heavy atom. The lowest BCUT2D eigenvalue weighted by atomic mass is 9.99. The Morgan fingerprint density at radius 1 is 1.47 bits per heavy atom. The molecule has 1 aliphatic heterocycles. The van der Waals surface area contributed by atoms with E-state index < -0.39 is 0 Å². The number of aliphatic hydroxyl groups is 1. The number of fused-ring (bicyclic) bond motifs is 1. The first-order valence-corrected chi connectivity index (χ1v) is 7.00. The van der Waals surface area contributed by atoms with E-state index in [1.165, 1.54) is 11.1 Å². The van der Waals surface area contributed by atoms with Crippen LogP contribution in [-0.2, 0) is 11.3 Å². The van der Waals surface area contributed by atoms with Crippen LogP contribution in [0.3, 0.4) is 0 Å². The molecule has 1 aromatic carbocycles. The summed E-state index contributed by atoms with van der Waals surface area (Å²) in [4.78, 5) is 0. The van der Waals surface area contributed by atoms with E-state index in [2.05, 4.69) is 34.9 Å². The lowest BCUT2D eigenvalue weighted by Gasteiger charge is -2.20. The third kappa shape index (κ3) is 4.28. The van der Waals surface area contributed by atoms with Crippen molar-refractivity contribution in [2.45, 2.75) is 31.5 Å². The first kappa shape index (κ1) is 14.5. The molecule has 1 aromatic rings. The van der Waals surface area contributed by atoms with Crippen LogP contribution in [0.2, 0.25) is 0 Å². The zero-order chi connectivity index (χ0) is 13.5. The van der Waals surface area contributed by atoms with Crippen LogP contribution in [0.4, 0.5) is 0 Å². The van der Waals surface area contributed by atoms with Gasteiger partial charge in [0, 0.05) is 19.7 Å². The van der Waals surface area contributed by atoms with Gasteiger partial charge in [0.25, 0.3) is 0 Å². The molecular formula is C15H24N2O2. The van der Waals surface area contributed by atoms with Gasteiger partial charge < -0.3 is 20.5 Å². The minimum absolute atomic E-state index is 0.376. The van der Waals surface area contributed by atoms with Crippen molar-refractivity contribution in [3.8, 4) is 0 Å². The maximum atomic E-state index is 9.65. The smallest absolute Gasteiger partial charge is 0.0785 e. The Labute approximate surface area is 115 Å². The number of rotatable bonds is 6. The summed E-state index contributed by atoms with van der Waals surface area (Å²) in [6.07, 6.45) is 1.42. The van der Waals surface area contributed by atoms with Crippen LogP contribution >= 0.6 is 0 Å². The van der Waals surface area contributed by atoms with Gasteiger partial charge in [-0.05, 0) is 37.1 Å². The molecule has 0 spiro atoms. The monoisotopic (exact) mass is 264 g/mol. The van der Waals surface area contributed by atoms with Gasteiger partial charge >= 0.3 is 0 Å². The van der Waals surface area contributed by atoms with Gasteiger partial charge in [0.2, 0.25) is 0 Å². The topological polar surface area (TPSA) is 53.5 Å². The van der Waals surface area contributed by atoms with Crippen LogP contribution < -0.4 is 10.6 Å². The predicted octanol–water partition coefficient (Wildman–Crippen LogP) is 1.21. The summed E-state index contributed by atoms with van der Waals surface area (Å²) in [5.74, 6) is 0. The second-order valence-electron chi connectivity index (χ2n) is 5.07. The molecule has 1 heterocycles. The molecule has 2 rings (SSSR count). The normalized spacial score (nSPS) is 20.6. The fourth-order valence-electron chi connectivity index (χ4n) is 2.57. The fraction of sp³-hybridized carbons (Fsp3) is 0.600. The summed E-state index contributed by atoms with van der Waals surface area (Å²) in [5.41, 5.74) is 2.75. The Kier molecular flexibility index (Phi) is 5.79. The van der Waals surface area contributed by atoms with E-state index in [1.54, 1.807) is 7.11 Å². The molecule has 3 N–H and O–H groups in total. The summed E-state index contributed by atoms with van der Waals surface area (Å²) in [5, 5.41) is 16.6. The van der Waals surface area contributed by atoms with Crippen LogP contribution in [0, 0.1) is 0 Å². The molecule has 1 aliphatic rings. The largest absolute Gasteiger partial charge is 0.391 e. The van der Waals surface area contributed by atoms with Gasteiger partial charge in [0.15, 0.2) is 0 Å². The Morgan fingerprint density at radius 2 is 2.32 bits per heavy atom. The maximum absolute atomic E-state index is 9.65. The summed E-state index contributed by atoms with van der Waals surface area (Å²) in [6, 6.07) is 8.94. The molecule has 0 aliphatic carbocycles. The van der Waals surface area contributed by atoms with Crippen molar-refractivity contribution in [2.75, 3.05) is 26.8 Å². The van der Waals surface area contributed by atoms with Crippen LogP contribution in [0.5, 0.6) is 0 Å². The van der Waals surface area contributed by atoms with Gasteiger partial charge in [-0.2, -0.15) is 0 Å². The summed E-state index contributed by atoms with van der Waals surface area (Å²) in [7, 11) is 1.61. The molecule has 0 aromatic heterocycles. The van der Waals surface area contributed by atoms with Crippen molar-refractivity contribution >= 4 is 0 Å². The highest BCUT2D eigenvalue weighted by Crippen LogP contribution is 2.23. The van der Waals surface area contributed by atoms with E-state index in [9.17, 15) is 5.11 Å². The molecule has 0 bridgehead atoms. The van der Waals surface area contributed by atoms with Crippen LogP contribution in [0.1, 0.15) is 30.0 Å². The lowest BCUT2D eigenvalue weighted by Crippen LogP contribution is -2.27. The molecule has 2 atom stereocenters. The molecule has 0 saturated carbocycles. The summed E-state index contributed by atoms with van der Waals surface area (Å²) >= 11 is 0. The SMILES string of the molecule is COCC(O)CCNC1CCNCc2ccccc21. The highest BCUT2D eigenvalue weighted by Gasteiger charge is 2.17.